The molecule has 0 bridgehead atoms. The van der Waals surface area contributed by atoms with Gasteiger partial charge in [0.05, 0.1) is 0 Å². The van der Waals surface area contributed by atoms with Gasteiger partial charge in [0.25, 0.3) is 0 Å². The van der Waals surface area contributed by atoms with E-state index in [1.54, 1.807) is 0 Å². The molecule has 0 aliphatic heterocycles. The fourth-order valence-corrected chi connectivity index (χ4v) is 0.665. The number of rotatable bonds is 4. The van der Waals surface area contributed by atoms with Gasteiger partial charge in [0.2, 0.25) is 0 Å². The second-order valence-corrected chi connectivity index (χ2v) is 2.77. The van der Waals surface area contributed by atoms with Crippen molar-refractivity contribution in [3.8, 4) is 0 Å². The molecule has 54 valence electrons. The monoisotopic (exact) mass is 152 g/mol. The third-order valence-electron chi connectivity index (χ3n) is 0.687. The maximum absolute atomic E-state index is 10.2. The van der Waals surface area contributed by atoms with Gasteiger partial charge in [0.1, 0.15) is 12.8 Å². The standard InChI is InChI=1S/C4H11NO3P/c1-9(7)8-3-2-4(5)6/h4,6H,2-3,5H2,1H3/q+1. The van der Waals surface area contributed by atoms with Crippen molar-refractivity contribution in [2.45, 2.75) is 12.6 Å². The molecule has 0 rings (SSSR count). The van der Waals surface area contributed by atoms with Gasteiger partial charge in [-0.2, -0.15) is 0 Å². The van der Waals surface area contributed by atoms with Crippen molar-refractivity contribution in [2.75, 3.05) is 13.3 Å². The quantitative estimate of drug-likeness (QED) is 0.440. The molecule has 3 N–H and O–H groups in total. The minimum absolute atomic E-state index is 0.253. The zero-order valence-corrected chi connectivity index (χ0v) is 6.17. The van der Waals surface area contributed by atoms with Crippen LogP contribution < -0.4 is 5.73 Å². The summed E-state index contributed by atoms with van der Waals surface area (Å²) in [6.07, 6.45) is -0.533. The minimum atomic E-state index is -1.55. The van der Waals surface area contributed by atoms with E-state index in [0.29, 0.717) is 6.42 Å². The summed E-state index contributed by atoms with van der Waals surface area (Å²) in [4.78, 5) is 0. The molecule has 0 aliphatic rings. The van der Waals surface area contributed by atoms with E-state index in [-0.39, 0.29) is 6.61 Å². The van der Waals surface area contributed by atoms with Crippen molar-refractivity contribution in [3.63, 3.8) is 0 Å². The molecule has 0 radical (unpaired) electrons. The Labute approximate surface area is 54.9 Å². The summed E-state index contributed by atoms with van der Waals surface area (Å²) in [6, 6.07) is 0. The van der Waals surface area contributed by atoms with Gasteiger partial charge in [-0.3, -0.25) is 0 Å². The Kier molecular flexibility index (Phi) is 4.81. The summed E-state index contributed by atoms with van der Waals surface area (Å²) in [7, 11) is -1.55. The van der Waals surface area contributed by atoms with Crippen LogP contribution in [0.1, 0.15) is 6.42 Å². The van der Waals surface area contributed by atoms with Crippen LogP contribution >= 0.6 is 8.03 Å². The van der Waals surface area contributed by atoms with Gasteiger partial charge in [-0.05, 0) is 4.57 Å². The van der Waals surface area contributed by atoms with Crippen LogP contribution in [-0.2, 0) is 9.09 Å². The first-order valence-corrected chi connectivity index (χ1v) is 4.23. The summed E-state index contributed by atoms with van der Waals surface area (Å²) in [5.74, 6) is 0. The van der Waals surface area contributed by atoms with Crippen LogP contribution in [0.25, 0.3) is 0 Å². The van der Waals surface area contributed by atoms with E-state index in [4.69, 9.17) is 10.8 Å². The summed E-state index contributed by atoms with van der Waals surface area (Å²) >= 11 is 0. The van der Waals surface area contributed by atoms with Gasteiger partial charge in [0, 0.05) is 6.42 Å². The lowest BCUT2D eigenvalue weighted by molar-refractivity contribution is 0.148. The molecular weight excluding hydrogens is 141 g/mol. The van der Waals surface area contributed by atoms with Crippen LogP contribution in [0.2, 0.25) is 0 Å². The SMILES string of the molecule is C[P+](=O)OCCC(N)O. The first kappa shape index (κ1) is 8.98. The van der Waals surface area contributed by atoms with Gasteiger partial charge < -0.3 is 10.8 Å². The molecule has 9 heavy (non-hydrogen) atoms. The lowest BCUT2D eigenvalue weighted by Gasteiger charge is -1.96. The molecule has 2 atom stereocenters. The predicted molar refractivity (Wildman–Crippen MR) is 34.3 cm³/mol. The minimum Gasteiger partial charge on any atom is -0.379 e. The summed E-state index contributed by atoms with van der Waals surface area (Å²) in [6.45, 7) is 1.71. The van der Waals surface area contributed by atoms with Crippen LogP contribution in [0.4, 0.5) is 0 Å². The number of hydrogen-bond acceptors (Lipinski definition) is 4. The van der Waals surface area contributed by atoms with E-state index >= 15 is 0 Å². The van der Waals surface area contributed by atoms with Crippen molar-refractivity contribution in [2.24, 2.45) is 5.73 Å². The second kappa shape index (κ2) is 4.82. The van der Waals surface area contributed by atoms with E-state index in [1.807, 2.05) is 0 Å². The predicted octanol–water partition coefficient (Wildman–Crippen LogP) is 0.0424. The van der Waals surface area contributed by atoms with E-state index in [1.165, 1.54) is 6.66 Å². The third kappa shape index (κ3) is 7.98. The highest BCUT2D eigenvalue weighted by molar-refractivity contribution is 7.38. The molecule has 0 aliphatic carbocycles. The maximum atomic E-state index is 10.2. The van der Waals surface area contributed by atoms with Gasteiger partial charge in [-0.1, -0.05) is 0 Å². The lowest BCUT2D eigenvalue weighted by atomic mass is 10.4. The molecule has 4 nitrogen and oxygen atoms in total. The summed E-state index contributed by atoms with van der Waals surface area (Å²) in [5.41, 5.74) is 4.96. The van der Waals surface area contributed by atoms with Crippen molar-refractivity contribution in [1.29, 1.82) is 0 Å². The molecule has 0 saturated heterocycles. The Morgan fingerprint density at radius 3 is 2.78 bits per heavy atom. The molecule has 0 aromatic rings. The van der Waals surface area contributed by atoms with E-state index in [0.717, 1.165) is 0 Å². The largest absolute Gasteiger partial charge is 0.504 e. The van der Waals surface area contributed by atoms with E-state index in [9.17, 15) is 4.57 Å². The highest BCUT2D eigenvalue weighted by atomic mass is 31.1. The Bertz CT molecular complexity index is 95.8. The van der Waals surface area contributed by atoms with E-state index in [2.05, 4.69) is 4.52 Å². The molecule has 0 aromatic carbocycles. The zero-order valence-electron chi connectivity index (χ0n) is 5.28. The smallest absolute Gasteiger partial charge is 0.379 e. The van der Waals surface area contributed by atoms with Gasteiger partial charge in [-0.25, -0.2) is 0 Å². The second-order valence-electron chi connectivity index (χ2n) is 1.63. The molecule has 0 fully saturated rings. The Morgan fingerprint density at radius 1 is 1.89 bits per heavy atom. The number of nitrogens with two attached hydrogens (primary N) is 1. The Morgan fingerprint density at radius 2 is 2.44 bits per heavy atom. The first-order valence-electron chi connectivity index (χ1n) is 2.60. The normalized spacial score (nSPS) is 15.2. The molecular formula is C4H11NO3P+. The maximum Gasteiger partial charge on any atom is 0.504 e. The summed E-state index contributed by atoms with van der Waals surface area (Å²) < 4.78 is 14.9. The lowest BCUT2D eigenvalue weighted by Crippen LogP contribution is -2.19. The van der Waals surface area contributed by atoms with E-state index < -0.39 is 14.3 Å². The zero-order chi connectivity index (χ0) is 7.28. The van der Waals surface area contributed by atoms with Crippen LogP contribution in [0.5, 0.6) is 0 Å². The third-order valence-corrected chi connectivity index (χ3v) is 1.23. The number of aliphatic hydroxyl groups is 1. The molecule has 0 saturated carbocycles. The number of hydrogen-bond donors (Lipinski definition) is 2. The van der Waals surface area contributed by atoms with Crippen molar-refractivity contribution >= 4 is 8.03 Å². The molecule has 2 unspecified atom stereocenters. The topological polar surface area (TPSA) is 72.5 Å². The summed E-state index contributed by atoms with van der Waals surface area (Å²) in [5, 5.41) is 8.47. The van der Waals surface area contributed by atoms with Crippen LogP contribution in [0, 0.1) is 0 Å². The van der Waals surface area contributed by atoms with Crippen LogP contribution in [-0.4, -0.2) is 24.6 Å². The highest BCUT2D eigenvalue weighted by Crippen LogP contribution is 2.14. The average Bonchev–Trinajstić information content (AvgIpc) is 1.63. The van der Waals surface area contributed by atoms with Crippen molar-refractivity contribution in [3.05, 3.63) is 0 Å². The fraction of sp³-hybridized carbons (Fsp3) is 1.00. The van der Waals surface area contributed by atoms with Gasteiger partial charge in [-0.15, -0.1) is 4.52 Å². The van der Waals surface area contributed by atoms with Crippen LogP contribution in [0.3, 0.4) is 0 Å². The average molecular weight is 152 g/mol. The molecule has 0 heterocycles. The van der Waals surface area contributed by atoms with Crippen molar-refractivity contribution in [1.82, 2.24) is 0 Å². The molecule has 0 spiro atoms. The van der Waals surface area contributed by atoms with Gasteiger partial charge in [0.15, 0.2) is 6.66 Å². The van der Waals surface area contributed by atoms with Gasteiger partial charge >= 0.3 is 8.03 Å². The highest BCUT2D eigenvalue weighted by Gasteiger charge is 2.06. The fourth-order valence-electron chi connectivity index (χ4n) is 0.302. The number of aliphatic hydroxyl groups excluding tert-OH is 1. The van der Waals surface area contributed by atoms with Crippen molar-refractivity contribution < 1.29 is 14.2 Å². The molecule has 0 aromatic heterocycles. The Hall–Kier alpha value is -0.0200. The molecule has 0 amide bonds. The van der Waals surface area contributed by atoms with Crippen LogP contribution in [0.15, 0.2) is 0 Å². The first-order chi connectivity index (χ1) is 4.13. The molecule has 5 heteroatoms. The Balaban J connectivity index is 3.01.